The summed E-state index contributed by atoms with van der Waals surface area (Å²) in [5.74, 6) is 2.21. The lowest BCUT2D eigenvalue weighted by Crippen LogP contribution is -2.24. The van der Waals surface area contributed by atoms with E-state index in [-0.39, 0.29) is 10.8 Å². The lowest BCUT2D eigenvalue weighted by molar-refractivity contribution is 0.394. The molecule has 2 nitrogen and oxygen atoms in total. The molecule has 0 saturated heterocycles. The van der Waals surface area contributed by atoms with Gasteiger partial charge in [0.2, 0.25) is 0 Å². The minimum absolute atomic E-state index is 0.00282. The molecule has 5 aliphatic carbocycles. The minimum atomic E-state index is -0.00282. The van der Waals surface area contributed by atoms with Crippen LogP contribution in [0.2, 0.25) is 0 Å². The molecular formula is C68H60N2. The Hall–Kier alpha value is -7.16. The number of nitrogens with one attached hydrogen (secondary N) is 2. The van der Waals surface area contributed by atoms with Gasteiger partial charge in [0, 0.05) is 44.6 Å². The first-order valence-corrected chi connectivity index (χ1v) is 25.9. The van der Waals surface area contributed by atoms with E-state index in [1.54, 1.807) is 0 Å². The van der Waals surface area contributed by atoms with E-state index < -0.39 is 0 Å². The van der Waals surface area contributed by atoms with Crippen molar-refractivity contribution in [2.45, 2.75) is 95.8 Å². The molecular weight excluding hydrogens is 845 g/mol. The molecule has 0 radical (unpaired) electrons. The summed E-state index contributed by atoms with van der Waals surface area (Å²) in [7, 11) is 0. The second kappa shape index (κ2) is 14.7. The van der Waals surface area contributed by atoms with E-state index >= 15 is 0 Å². The van der Waals surface area contributed by atoms with Crippen LogP contribution in [0.3, 0.4) is 0 Å². The number of H-pyrrole nitrogens is 1. The number of aromatic amines is 1. The molecule has 2 heteroatoms. The van der Waals surface area contributed by atoms with Crippen LogP contribution in [0, 0.1) is 5.92 Å². The SMILES string of the molecule is CC1c2cc(-c3cc(-c4ccc5c(c4)C4C=CC=CC4C5(C)C)ccc3Nc3ccccc3)cc3c2-c2c(cc4c([nH]c5ccc(-c6ccc7c(c6)-c6ccccc6C7(C)C)cc54)c2C(C)C3C)C1C. The number of aromatic nitrogens is 1. The number of benzene rings is 8. The Morgan fingerprint density at radius 2 is 1.06 bits per heavy atom. The fourth-order valence-corrected chi connectivity index (χ4v) is 14.3. The highest BCUT2D eigenvalue weighted by Gasteiger charge is 2.45. The Morgan fingerprint density at radius 1 is 0.457 bits per heavy atom. The van der Waals surface area contributed by atoms with Gasteiger partial charge < -0.3 is 10.3 Å². The van der Waals surface area contributed by atoms with E-state index in [1.807, 2.05) is 0 Å². The zero-order valence-electron chi connectivity index (χ0n) is 41.6. The van der Waals surface area contributed by atoms with E-state index in [2.05, 4.69) is 236 Å². The fourth-order valence-electron chi connectivity index (χ4n) is 14.3. The van der Waals surface area contributed by atoms with Crippen LogP contribution in [-0.2, 0) is 10.8 Å². The van der Waals surface area contributed by atoms with Crippen molar-refractivity contribution in [2.24, 2.45) is 5.92 Å². The zero-order chi connectivity index (χ0) is 47.5. The number of para-hydroxylation sites is 1. The normalized spacial score (nSPS) is 22.4. The number of allylic oxidation sites excluding steroid dienone is 4. The van der Waals surface area contributed by atoms with Gasteiger partial charge in [0.25, 0.3) is 0 Å². The first-order valence-electron chi connectivity index (χ1n) is 25.9. The van der Waals surface area contributed by atoms with Gasteiger partial charge in [-0.2, -0.15) is 0 Å². The molecule has 9 aromatic rings. The summed E-state index contributed by atoms with van der Waals surface area (Å²) in [5.41, 5.74) is 29.9. The van der Waals surface area contributed by atoms with Gasteiger partial charge >= 0.3 is 0 Å². The third kappa shape index (κ3) is 5.74. The lowest BCUT2D eigenvalue weighted by Gasteiger charge is -2.41. The topological polar surface area (TPSA) is 27.8 Å². The standard InChI is InChI=1S/C68H60N2/c1-37-38(2)51-36-56-55-33-44(42-23-27-60-54(32-42)48-19-13-15-21-58(48)68(60,7)8)25-29-62(55)70-66(56)63-40(4)39(3)50-35-45(34-49(37)64(50)65(51)63)52-30-43(24-28-61(52)69-46-16-10-9-11-17-46)41-22-26-59-53(31-41)47-18-12-14-20-57(47)67(59,5)6/h9-40,47,57,69-70H,1-8H3. The first-order chi connectivity index (χ1) is 33.9. The Morgan fingerprint density at radius 3 is 1.84 bits per heavy atom. The monoisotopic (exact) mass is 904 g/mol. The van der Waals surface area contributed by atoms with Gasteiger partial charge in [0.15, 0.2) is 0 Å². The molecule has 6 unspecified atom stereocenters. The smallest absolute Gasteiger partial charge is 0.0506 e. The molecule has 70 heavy (non-hydrogen) atoms. The second-order valence-corrected chi connectivity index (χ2v) is 22.8. The van der Waals surface area contributed by atoms with E-state index in [0.29, 0.717) is 35.5 Å². The Balaban J connectivity index is 0.912. The van der Waals surface area contributed by atoms with Gasteiger partial charge in [-0.3, -0.25) is 0 Å². The van der Waals surface area contributed by atoms with Crippen LogP contribution in [0.15, 0.2) is 170 Å². The average molecular weight is 905 g/mol. The number of hydrogen-bond acceptors (Lipinski definition) is 1. The summed E-state index contributed by atoms with van der Waals surface area (Å²) in [5, 5.41) is 6.54. The average Bonchev–Trinajstić information content (AvgIpc) is 3.95. The van der Waals surface area contributed by atoms with E-state index in [1.165, 1.54) is 122 Å². The second-order valence-electron chi connectivity index (χ2n) is 22.8. The van der Waals surface area contributed by atoms with Crippen molar-refractivity contribution in [3.8, 4) is 55.6 Å². The fraction of sp³-hybridized carbons (Fsp3) is 0.235. The Labute approximate surface area is 413 Å². The summed E-state index contributed by atoms with van der Waals surface area (Å²) in [4.78, 5) is 4.04. The molecule has 14 rings (SSSR count). The van der Waals surface area contributed by atoms with Crippen LogP contribution in [0.1, 0.15) is 129 Å². The van der Waals surface area contributed by atoms with Crippen molar-refractivity contribution in [1.29, 1.82) is 0 Å². The largest absolute Gasteiger partial charge is 0.355 e. The number of hydrogen-bond donors (Lipinski definition) is 2. The van der Waals surface area contributed by atoms with Crippen molar-refractivity contribution in [2.75, 3.05) is 5.32 Å². The van der Waals surface area contributed by atoms with Gasteiger partial charge in [-0.05, 0) is 178 Å². The van der Waals surface area contributed by atoms with Crippen LogP contribution in [0.5, 0.6) is 0 Å². The maximum Gasteiger partial charge on any atom is 0.0506 e. The molecule has 1 aromatic heterocycles. The third-order valence-electron chi connectivity index (χ3n) is 18.5. The summed E-state index contributed by atoms with van der Waals surface area (Å²) < 4.78 is 0. The summed E-state index contributed by atoms with van der Waals surface area (Å²) in [6, 6.07) is 56.0. The first kappa shape index (κ1) is 41.8. The maximum atomic E-state index is 4.04. The van der Waals surface area contributed by atoms with E-state index in [0.717, 1.165) is 11.4 Å². The van der Waals surface area contributed by atoms with Crippen LogP contribution in [0.25, 0.3) is 77.4 Å². The van der Waals surface area contributed by atoms with Crippen LogP contribution >= 0.6 is 0 Å². The van der Waals surface area contributed by atoms with Crippen LogP contribution in [0.4, 0.5) is 11.4 Å². The molecule has 5 aliphatic rings. The number of rotatable bonds is 5. The molecule has 6 atom stereocenters. The van der Waals surface area contributed by atoms with Gasteiger partial charge in [0.1, 0.15) is 0 Å². The highest BCUT2D eigenvalue weighted by Crippen LogP contribution is 2.60. The molecule has 0 saturated carbocycles. The highest BCUT2D eigenvalue weighted by atomic mass is 14.9. The van der Waals surface area contributed by atoms with Crippen LogP contribution < -0.4 is 5.32 Å². The van der Waals surface area contributed by atoms with E-state index in [4.69, 9.17) is 0 Å². The minimum Gasteiger partial charge on any atom is -0.355 e. The molecule has 0 bridgehead atoms. The maximum absolute atomic E-state index is 4.04. The van der Waals surface area contributed by atoms with Crippen molar-refractivity contribution >= 4 is 33.2 Å². The summed E-state index contributed by atoms with van der Waals surface area (Å²) in [6.45, 7) is 19.5. The summed E-state index contributed by atoms with van der Waals surface area (Å²) >= 11 is 0. The predicted octanol–water partition coefficient (Wildman–Crippen LogP) is 18.6. The summed E-state index contributed by atoms with van der Waals surface area (Å²) in [6.07, 6.45) is 9.32. The molecule has 0 aliphatic heterocycles. The number of anilines is 2. The predicted molar refractivity (Wildman–Crippen MR) is 296 cm³/mol. The third-order valence-corrected chi connectivity index (χ3v) is 18.5. The molecule has 342 valence electrons. The van der Waals surface area contributed by atoms with Crippen molar-refractivity contribution in [3.63, 3.8) is 0 Å². The van der Waals surface area contributed by atoms with Crippen molar-refractivity contribution in [1.82, 2.24) is 4.98 Å². The molecule has 1 heterocycles. The molecule has 2 N–H and O–H groups in total. The van der Waals surface area contributed by atoms with Gasteiger partial charge in [-0.25, -0.2) is 0 Å². The highest BCUT2D eigenvalue weighted by molar-refractivity contribution is 6.13. The Bertz CT molecular complexity index is 3760. The van der Waals surface area contributed by atoms with E-state index in [9.17, 15) is 0 Å². The number of fused-ring (bicyclic) bond motifs is 10. The quantitative estimate of drug-likeness (QED) is 0.177. The molecule has 0 amide bonds. The zero-order valence-corrected chi connectivity index (χ0v) is 41.6. The van der Waals surface area contributed by atoms with Crippen molar-refractivity contribution in [3.05, 3.63) is 214 Å². The van der Waals surface area contributed by atoms with Crippen molar-refractivity contribution < 1.29 is 0 Å². The molecule has 0 spiro atoms. The molecule has 0 fully saturated rings. The van der Waals surface area contributed by atoms with Gasteiger partial charge in [-0.1, -0.05) is 177 Å². The lowest BCUT2D eigenvalue weighted by atomic mass is 9.62. The van der Waals surface area contributed by atoms with Gasteiger partial charge in [-0.15, -0.1) is 0 Å². The van der Waals surface area contributed by atoms with Crippen LogP contribution in [-0.4, -0.2) is 4.98 Å². The van der Waals surface area contributed by atoms with Gasteiger partial charge in [0.05, 0.1) is 5.52 Å². The Kier molecular flexibility index (Phi) is 8.77. The molecule has 8 aromatic carbocycles.